The van der Waals surface area contributed by atoms with Crippen molar-refractivity contribution in [2.75, 3.05) is 13.1 Å². The van der Waals surface area contributed by atoms with E-state index in [1.807, 2.05) is 25.1 Å². The van der Waals surface area contributed by atoms with E-state index in [1.54, 1.807) is 11.0 Å². The maximum atomic E-state index is 12.5. The van der Waals surface area contributed by atoms with Gasteiger partial charge in [0.1, 0.15) is 12.7 Å². The Balaban J connectivity index is 0.00000192. The molecule has 1 saturated heterocycles. The van der Waals surface area contributed by atoms with Gasteiger partial charge in [0.25, 0.3) is 5.91 Å². The summed E-state index contributed by atoms with van der Waals surface area (Å²) in [6.07, 6.45) is 4.11. The minimum absolute atomic E-state index is 0. The fourth-order valence-corrected chi connectivity index (χ4v) is 2.86. The molecule has 6 nitrogen and oxygen atoms in total. The normalized spacial score (nSPS) is 20.6. The first-order valence-corrected chi connectivity index (χ1v) is 7.62. The summed E-state index contributed by atoms with van der Waals surface area (Å²) in [4.78, 5) is 16.4. The van der Waals surface area contributed by atoms with Crippen LogP contribution in [-0.4, -0.2) is 39.8 Å². The molecule has 1 aliphatic heterocycles. The van der Waals surface area contributed by atoms with Gasteiger partial charge in [-0.3, -0.25) is 4.79 Å². The molecule has 7 heteroatoms. The molecule has 23 heavy (non-hydrogen) atoms. The number of aryl methyl sites for hydroxylation is 1. The van der Waals surface area contributed by atoms with Crippen molar-refractivity contribution in [3.8, 4) is 5.69 Å². The van der Waals surface area contributed by atoms with Gasteiger partial charge in [-0.15, -0.1) is 12.4 Å². The summed E-state index contributed by atoms with van der Waals surface area (Å²) in [6.45, 7) is 6.02. The number of nitrogens with zero attached hydrogens (tertiary/aromatic N) is 3. The molecule has 1 amide bonds. The predicted octanol–water partition coefficient (Wildman–Crippen LogP) is 1.73. The van der Waals surface area contributed by atoms with Crippen molar-refractivity contribution in [1.82, 2.24) is 25.4 Å². The molecule has 2 atom stereocenters. The third-order valence-electron chi connectivity index (χ3n) is 4.24. The van der Waals surface area contributed by atoms with Crippen LogP contribution in [0.3, 0.4) is 0 Å². The van der Waals surface area contributed by atoms with E-state index in [0.717, 1.165) is 36.3 Å². The Morgan fingerprint density at radius 2 is 2.26 bits per heavy atom. The van der Waals surface area contributed by atoms with Crippen molar-refractivity contribution in [3.63, 3.8) is 0 Å². The molecular formula is C16H22ClN5O. The molecule has 3 rings (SSSR count). The van der Waals surface area contributed by atoms with Crippen LogP contribution < -0.4 is 10.6 Å². The van der Waals surface area contributed by atoms with Gasteiger partial charge < -0.3 is 10.6 Å². The SMILES string of the molecule is Cc1cc(-n2cncn2)ccc1C(=O)NC1CCNCC1C.Cl. The quantitative estimate of drug-likeness (QED) is 0.896. The van der Waals surface area contributed by atoms with E-state index in [-0.39, 0.29) is 24.4 Å². The van der Waals surface area contributed by atoms with Gasteiger partial charge in [-0.05, 0) is 56.1 Å². The van der Waals surface area contributed by atoms with E-state index >= 15 is 0 Å². The molecule has 2 aromatic rings. The molecule has 0 spiro atoms. The summed E-state index contributed by atoms with van der Waals surface area (Å²) in [6, 6.07) is 5.94. The van der Waals surface area contributed by atoms with Crippen molar-refractivity contribution < 1.29 is 4.79 Å². The van der Waals surface area contributed by atoms with Crippen LogP contribution in [0.4, 0.5) is 0 Å². The lowest BCUT2D eigenvalue weighted by atomic mass is 9.94. The molecule has 1 aliphatic rings. The highest BCUT2D eigenvalue weighted by atomic mass is 35.5. The lowest BCUT2D eigenvalue weighted by Crippen LogP contribution is -2.48. The third kappa shape index (κ3) is 3.89. The van der Waals surface area contributed by atoms with Gasteiger partial charge in [-0.2, -0.15) is 5.10 Å². The second-order valence-electron chi connectivity index (χ2n) is 5.89. The molecule has 0 aliphatic carbocycles. The van der Waals surface area contributed by atoms with Crippen LogP contribution in [0, 0.1) is 12.8 Å². The maximum Gasteiger partial charge on any atom is 0.251 e. The number of aromatic nitrogens is 3. The van der Waals surface area contributed by atoms with E-state index in [1.165, 1.54) is 6.33 Å². The van der Waals surface area contributed by atoms with Gasteiger partial charge in [0.15, 0.2) is 0 Å². The first kappa shape index (κ1) is 17.4. The van der Waals surface area contributed by atoms with Gasteiger partial charge in [0.2, 0.25) is 0 Å². The highest BCUT2D eigenvalue weighted by molar-refractivity contribution is 5.96. The van der Waals surface area contributed by atoms with Gasteiger partial charge >= 0.3 is 0 Å². The third-order valence-corrected chi connectivity index (χ3v) is 4.24. The highest BCUT2D eigenvalue weighted by Crippen LogP contribution is 2.16. The first-order chi connectivity index (χ1) is 10.6. The summed E-state index contributed by atoms with van der Waals surface area (Å²) < 4.78 is 1.68. The number of rotatable bonds is 3. The van der Waals surface area contributed by atoms with Crippen molar-refractivity contribution >= 4 is 18.3 Å². The Labute approximate surface area is 142 Å². The highest BCUT2D eigenvalue weighted by Gasteiger charge is 2.23. The summed E-state index contributed by atoms with van der Waals surface area (Å²) >= 11 is 0. The van der Waals surface area contributed by atoms with Gasteiger partial charge in [0.05, 0.1) is 5.69 Å². The smallest absolute Gasteiger partial charge is 0.251 e. The Morgan fingerprint density at radius 1 is 1.43 bits per heavy atom. The molecule has 1 fully saturated rings. The minimum Gasteiger partial charge on any atom is -0.349 e. The molecule has 2 unspecified atom stereocenters. The van der Waals surface area contributed by atoms with E-state index in [4.69, 9.17) is 0 Å². The van der Waals surface area contributed by atoms with E-state index in [2.05, 4.69) is 27.6 Å². The molecule has 0 radical (unpaired) electrons. The minimum atomic E-state index is 0. The van der Waals surface area contributed by atoms with E-state index in [0.29, 0.717) is 5.92 Å². The average molecular weight is 336 g/mol. The summed E-state index contributed by atoms with van der Waals surface area (Å²) in [5.41, 5.74) is 2.56. The molecule has 2 heterocycles. The van der Waals surface area contributed by atoms with E-state index in [9.17, 15) is 4.79 Å². The monoisotopic (exact) mass is 335 g/mol. The molecule has 0 bridgehead atoms. The van der Waals surface area contributed by atoms with Crippen LogP contribution in [0.15, 0.2) is 30.9 Å². The van der Waals surface area contributed by atoms with Crippen molar-refractivity contribution in [3.05, 3.63) is 42.0 Å². The number of hydrogen-bond acceptors (Lipinski definition) is 4. The maximum absolute atomic E-state index is 12.5. The molecule has 1 aromatic carbocycles. The fraction of sp³-hybridized carbons (Fsp3) is 0.438. The van der Waals surface area contributed by atoms with Crippen LogP contribution in [0.1, 0.15) is 29.3 Å². The largest absolute Gasteiger partial charge is 0.349 e. The van der Waals surface area contributed by atoms with Crippen LogP contribution in [-0.2, 0) is 0 Å². The first-order valence-electron chi connectivity index (χ1n) is 7.62. The van der Waals surface area contributed by atoms with Gasteiger partial charge in [-0.25, -0.2) is 9.67 Å². The zero-order chi connectivity index (χ0) is 15.5. The Morgan fingerprint density at radius 3 is 2.91 bits per heavy atom. The number of piperidine rings is 1. The zero-order valence-electron chi connectivity index (χ0n) is 13.3. The number of amides is 1. The lowest BCUT2D eigenvalue weighted by Gasteiger charge is -2.30. The lowest BCUT2D eigenvalue weighted by molar-refractivity contribution is 0.0913. The van der Waals surface area contributed by atoms with Crippen LogP contribution >= 0.6 is 12.4 Å². The number of carbonyl (C=O) groups is 1. The molecule has 0 saturated carbocycles. The van der Waals surface area contributed by atoms with Crippen molar-refractivity contribution in [1.29, 1.82) is 0 Å². The summed E-state index contributed by atoms with van der Waals surface area (Å²) in [7, 11) is 0. The zero-order valence-corrected chi connectivity index (χ0v) is 14.1. The van der Waals surface area contributed by atoms with Gasteiger partial charge in [-0.1, -0.05) is 6.92 Å². The Bertz CT molecular complexity index is 658. The van der Waals surface area contributed by atoms with Crippen molar-refractivity contribution in [2.45, 2.75) is 26.3 Å². The fourth-order valence-electron chi connectivity index (χ4n) is 2.86. The second kappa shape index (κ2) is 7.57. The van der Waals surface area contributed by atoms with Crippen LogP contribution in [0.25, 0.3) is 5.69 Å². The van der Waals surface area contributed by atoms with E-state index < -0.39 is 0 Å². The van der Waals surface area contributed by atoms with Crippen LogP contribution in [0.5, 0.6) is 0 Å². The second-order valence-corrected chi connectivity index (χ2v) is 5.89. The summed E-state index contributed by atoms with van der Waals surface area (Å²) in [5.74, 6) is 0.453. The molecule has 1 aromatic heterocycles. The van der Waals surface area contributed by atoms with Crippen molar-refractivity contribution in [2.24, 2.45) is 5.92 Å². The molecule has 124 valence electrons. The van der Waals surface area contributed by atoms with Gasteiger partial charge in [0, 0.05) is 11.6 Å². The topological polar surface area (TPSA) is 71.8 Å². The summed E-state index contributed by atoms with van der Waals surface area (Å²) in [5, 5.41) is 10.6. The Hall–Kier alpha value is -1.92. The predicted molar refractivity (Wildman–Crippen MR) is 91.2 cm³/mol. The number of halogens is 1. The molecule has 2 N–H and O–H groups in total. The Kier molecular flexibility index (Phi) is 5.74. The standard InChI is InChI=1S/C16H21N5O.ClH/c1-11-7-13(21-10-18-9-19-21)3-4-14(11)16(22)20-15-5-6-17-8-12(15)2;/h3-4,7,9-10,12,15,17H,5-6,8H2,1-2H3,(H,20,22);1H. The van der Waals surface area contributed by atoms with Crippen LogP contribution in [0.2, 0.25) is 0 Å². The number of benzene rings is 1. The number of carbonyl (C=O) groups excluding carboxylic acids is 1. The molecular weight excluding hydrogens is 314 g/mol. The number of nitrogens with one attached hydrogen (secondary N) is 2. The average Bonchev–Trinajstić information content (AvgIpc) is 3.03. The number of hydrogen-bond donors (Lipinski definition) is 2.